The van der Waals surface area contributed by atoms with Crippen LogP contribution in [0.15, 0.2) is 10.1 Å². The van der Waals surface area contributed by atoms with Gasteiger partial charge in [0.15, 0.2) is 0 Å². The van der Waals surface area contributed by atoms with Crippen molar-refractivity contribution in [2.24, 2.45) is 21.7 Å². The maximum atomic E-state index is 9.27. The summed E-state index contributed by atoms with van der Waals surface area (Å²) < 4.78 is 0. The van der Waals surface area contributed by atoms with Gasteiger partial charge in [0.05, 0.1) is 0 Å². The van der Waals surface area contributed by atoms with Crippen LogP contribution in [-0.4, -0.2) is 12.0 Å². The molecule has 7 heavy (non-hydrogen) atoms. The first-order valence-electron chi connectivity index (χ1n) is 1.42. The molecule has 0 aromatic carbocycles. The van der Waals surface area contributed by atoms with E-state index in [0.717, 1.165) is 6.08 Å². The van der Waals surface area contributed by atoms with E-state index in [2.05, 4.69) is 15.9 Å². The van der Waals surface area contributed by atoms with Gasteiger partial charge in [-0.25, -0.2) is 4.79 Å². The fourth-order valence-electron chi connectivity index (χ4n) is 0.0756. The fraction of sp³-hybridized carbons (Fsp3) is 0. The molecule has 0 atom stereocenters. The fourth-order valence-corrected chi connectivity index (χ4v) is 0.0756. The monoisotopic (exact) mass is 100 g/mol. The molecule has 0 aliphatic carbocycles. The summed E-state index contributed by atoms with van der Waals surface area (Å²) in [7, 11) is 0. The van der Waals surface area contributed by atoms with Gasteiger partial charge >= 0.3 is 0 Å². The molecule has 4 N–H and O–H groups in total. The minimum atomic E-state index is -0.269. The Balaban J connectivity index is 3.82. The molecule has 0 saturated heterocycles. The Morgan fingerprint density at radius 2 is 2.29 bits per heavy atom. The zero-order valence-electron chi connectivity index (χ0n) is 3.46. The third kappa shape index (κ3) is 2.45. The second-order valence-electron chi connectivity index (χ2n) is 0.690. The van der Waals surface area contributed by atoms with E-state index in [1.54, 1.807) is 0 Å². The van der Waals surface area contributed by atoms with Gasteiger partial charge in [0.2, 0.25) is 12.0 Å². The molecule has 0 heterocycles. The highest BCUT2D eigenvalue weighted by Crippen LogP contribution is 1.56. The van der Waals surface area contributed by atoms with Crippen LogP contribution in [0.4, 0.5) is 0 Å². The molecule has 38 valence electrons. The first kappa shape index (κ1) is 5.65. The minimum absolute atomic E-state index is 0.269. The second kappa shape index (κ2) is 2.87. The van der Waals surface area contributed by atoms with Gasteiger partial charge in [-0.2, -0.15) is 0 Å². The van der Waals surface area contributed by atoms with Gasteiger partial charge in [-0.05, 0) is 0 Å². The summed E-state index contributed by atoms with van der Waals surface area (Å²) in [5.74, 6) is 4.28. The van der Waals surface area contributed by atoms with E-state index in [9.17, 15) is 4.79 Å². The molecule has 0 aromatic rings. The van der Waals surface area contributed by atoms with Crippen LogP contribution in [-0.2, 0) is 4.79 Å². The average Bonchev–Trinajstić information content (AvgIpc) is 1.68. The molecule has 0 aliphatic heterocycles. The Kier molecular flexibility index (Phi) is 2.31. The van der Waals surface area contributed by atoms with Crippen molar-refractivity contribution >= 4 is 12.0 Å². The van der Waals surface area contributed by atoms with Crippen LogP contribution in [0.1, 0.15) is 0 Å². The lowest BCUT2D eigenvalue weighted by molar-refractivity contribution is 0.565. The van der Waals surface area contributed by atoms with Crippen LogP contribution >= 0.6 is 0 Å². The zero-order valence-corrected chi connectivity index (χ0v) is 3.46. The van der Waals surface area contributed by atoms with E-state index >= 15 is 0 Å². The number of hydrazone groups is 1. The van der Waals surface area contributed by atoms with E-state index in [0.29, 0.717) is 0 Å². The van der Waals surface area contributed by atoms with E-state index in [4.69, 9.17) is 5.73 Å². The molecule has 0 rings (SSSR count). The summed E-state index contributed by atoms with van der Waals surface area (Å²) in [6, 6.07) is 0. The van der Waals surface area contributed by atoms with Gasteiger partial charge in [0.25, 0.3) is 0 Å². The van der Waals surface area contributed by atoms with Crippen molar-refractivity contribution < 1.29 is 4.79 Å². The second-order valence-corrected chi connectivity index (χ2v) is 0.690. The minimum Gasteiger partial charge on any atom is -0.366 e. The van der Waals surface area contributed by atoms with Crippen molar-refractivity contribution in [3.8, 4) is 0 Å². The lowest BCUT2D eigenvalue weighted by Crippen LogP contribution is -2.09. The number of rotatable bonds is 0. The smallest absolute Gasteiger partial charge is 0.248 e. The highest BCUT2D eigenvalue weighted by molar-refractivity contribution is 5.82. The first-order valence-corrected chi connectivity index (χ1v) is 1.42. The van der Waals surface area contributed by atoms with Crippen molar-refractivity contribution in [3.05, 3.63) is 0 Å². The normalized spacial score (nSPS) is 10.0. The lowest BCUT2D eigenvalue weighted by atomic mass is 11.1. The van der Waals surface area contributed by atoms with Gasteiger partial charge in [-0.1, -0.05) is 0 Å². The maximum absolute atomic E-state index is 9.27. The number of carbonyl (C=O) groups excluding carboxylic acids is 1. The Morgan fingerprint density at radius 1 is 1.71 bits per heavy atom. The highest BCUT2D eigenvalue weighted by Gasteiger charge is 1.75. The van der Waals surface area contributed by atoms with E-state index in [1.807, 2.05) is 0 Å². The Morgan fingerprint density at radius 3 is 2.43 bits per heavy atom. The third-order valence-electron chi connectivity index (χ3n) is 0.292. The van der Waals surface area contributed by atoms with Crippen molar-refractivity contribution in [1.29, 1.82) is 0 Å². The number of hydrogen-bond donors (Lipinski definition) is 2. The van der Waals surface area contributed by atoms with Crippen molar-refractivity contribution in [1.82, 2.24) is 0 Å². The quantitative estimate of drug-likeness (QED) is 0.128. The Labute approximate surface area is 39.7 Å². The van der Waals surface area contributed by atoms with Gasteiger partial charge in [0.1, 0.15) is 0 Å². The molecule has 0 radical (unpaired) electrons. The standard InChI is InChI=1S/C2H4N4O/c3-2(6-4)5-1-7/h4H2,(H2,3,6). The van der Waals surface area contributed by atoms with Crippen LogP contribution in [0, 0.1) is 0 Å². The number of nitrogens with two attached hydrogens (primary N) is 2. The van der Waals surface area contributed by atoms with Gasteiger partial charge in [-0.15, -0.1) is 10.1 Å². The molecular formula is C2H4N4O. The SMILES string of the molecule is N/N=C(\N)N=C=O. The molecule has 0 aromatic heterocycles. The topological polar surface area (TPSA) is 93.8 Å². The first-order chi connectivity index (χ1) is 3.31. The van der Waals surface area contributed by atoms with Crippen LogP contribution in [0.25, 0.3) is 0 Å². The van der Waals surface area contributed by atoms with E-state index in [1.165, 1.54) is 0 Å². The molecule has 0 fully saturated rings. The summed E-state index contributed by atoms with van der Waals surface area (Å²) in [5, 5.41) is 2.84. The predicted molar refractivity (Wildman–Crippen MR) is 23.9 cm³/mol. The third-order valence-corrected chi connectivity index (χ3v) is 0.292. The van der Waals surface area contributed by atoms with Crippen molar-refractivity contribution in [3.63, 3.8) is 0 Å². The number of nitrogens with zero attached hydrogens (tertiary/aromatic N) is 2. The number of aliphatic imine (C=N–C) groups is 1. The lowest BCUT2D eigenvalue weighted by Gasteiger charge is -1.76. The van der Waals surface area contributed by atoms with Gasteiger partial charge in [0, 0.05) is 0 Å². The Bertz CT molecular complexity index is 122. The molecule has 5 heteroatoms. The molecule has 0 amide bonds. The zero-order chi connectivity index (χ0) is 5.70. The maximum Gasteiger partial charge on any atom is 0.248 e. The summed E-state index contributed by atoms with van der Waals surface area (Å²) in [4.78, 5) is 12.1. The highest BCUT2D eigenvalue weighted by atomic mass is 16.1. The van der Waals surface area contributed by atoms with Crippen LogP contribution in [0.3, 0.4) is 0 Å². The summed E-state index contributed by atoms with van der Waals surface area (Å²) in [5.41, 5.74) is 4.78. The van der Waals surface area contributed by atoms with E-state index in [-0.39, 0.29) is 5.96 Å². The van der Waals surface area contributed by atoms with Crippen molar-refractivity contribution in [2.75, 3.05) is 0 Å². The number of guanidine groups is 1. The summed E-state index contributed by atoms with van der Waals surface area (Å²) in [6.07, 6.45) is 1.16. The largest absolute Gasteiger partial charge is 0.366 e. The van der Waals surface area contributed by atoms with Crippen LogP contribution in [0.2, 0.25) is 0 Å². The summed E-state index contributed by atoms with van der Waals surface area (Å²) in [6.45, 7) is 0. The number of hydrogen-bond acceptors (Lipinski definition) is 3. The Hall–Kier alpha value is -1.35. The van der Waals surface area contributed by atoms with E-state index < -0.39 is 0 Å². The number of isocyanates is 1. The molecule has 0 bridgehead atoms. The molecular weight excluding hydrogens is 96.0 g/mol. The van der Waals surface area contributed by atoms with Crippen molar-refractivity contribution in [2.45, 2.75) is 0 Å². The average molecular weight is 100 g/mol. The van der Waals surface area contributed by atoms with Gasteiger partial charge < -0.3 is 11.6 Å². The molecule has 0 spiro atoms. The molecule has 0 aliphatic rings. The van der Waals surface area contributed by atoms with Crippen LogP contribution in [0.5, 0.6) is 0 Å². The summed E-state index contributed by atoms with van der Waals surface area (Å²) >= 11 is 0. The molecule has 0 saturated carbocycles. The van der Waals surface area contributed by atoms with Crippen LogP contribution < -0.4 is 11.6 Å². The predicted octanol–water partition coefficient (Wildman–Crippen LogP) is -1.49. The van der Waals surface area contributed by atoms with Gasteiger partial charge in [-0.3, -0.25) is 0 Å². The molecule has 0 unspecified atom stereocenters. The molecule has 5 nitrogen and oxygen atoms in total.